The molecule has 0 spiro atoms. The van der Waals surface area contributed by atoms with Crippen molar-refractivity contribution in [3.63, 3.8) is 0 Å². The summed E-state index contributed by atoms with van der Waals surface area (Å²) in [5.74, 6) is 4.02. The van der Waals surface area contributed by atoms with Gasteiger partial charge in [-0.05, 0) is 30.5 Å². The van der Waals surface area contributed by atoms with E-state index in [9.17, 15) is 4.39 Å². The molecule has 0 aliphatic rings. The van der Waals surface area contributed by atoms with Crippen LogP contribution in [-0.4, -0.2) is 0 Å². The van der Waals surface area contributed by atoms with Gasteiger partial charge in [0.15, 0.2) is 6.07 Å². The lowest BCUT2D eigenvalue weighted by atomic mass is 10.1. The largest absolute Gasteiger partial charge is 0.398 e. The maximum absolute atomic E-state index is 13.1. The van der Waals surface area contributed by atoms with Gasteiger partial charge in [0, 0.05) is 11.6 Å². The predicted molar refractivity (Wildman–Crippen MR) is 48.0 cm³/mol. The molecule has 0 saturated carbocycles. The summed E-state index contributed by atoms with van der Waals surface area (Å²) in [5.41, 5.74) is 6.81. The van der Waals surface area contributed by atoms with E-state index in [-0.39, 0.29) is 5.56 Å². The molecule has 0 aliphatic carbocycles. The summed E-state index contributed by atoms with van der Waals surface area (Å²) < 4.78 is 13.1. The van der Waals surface area contributed by atoms with Crippen LogP contribution in [0.25, 0.3) is 0 Å². The SMILES string of the molecule is Cc1cc(C#CC#N)c(F)cc1N. The number of hydrogen-bond acceptors (Lipinski definition) is 2. The van der Waals surface area contributed by atoms with Crippen LogP contribution in [-0.2, 0) is 0 Å². The lowest BCUT2D eigenvalue weighted by Crippen LogP contribution is -1.93. The lowest BCUT2D eigenvalue weighted by molar-refractivity contribution is 0.624. The van der Waals surface area contributed by atoms with Crippen molar-refractivity contribution in [1.82, 2.24) is 0 Å². The molecule has 0 saturated heterocycles. The Balaban J connectivity index is 3.25. The van der Waals surface area contributed by atoms with Crippen molar-refractivity contribution >= 4 is 5.69 Å². The number of halogens is 1. The molecule has 1 rings (SSSR count). The van der Waals surface area contributed by atoms with E-state index in [2.05, 4.69) is 11.8 Å². The van der Waals surface area contributed by atoms with Gasteiger partial charge in [0.2, 0.25) is 0 Å². The minimum absolute atomic E-state index is 0.202. The fraction of sp³-hybridized carbons (Fsp3) is 0.100. The third-order valence-electron chi connectivity index (χ3n) is 1.61. The van der Waals surface area contributed by atoms with Crippen LogP contribution < -0.4 is 5.73 Å². The maximum atomic E-state index is 13.1. The van der Waals surface area contributed by atoms with E-state index in [1.165, 1.54) is 12.1 Å². The Bertz CT molecular complexity index is 433. The molecule has 13 heavy (non-hydrogen) atoms. The standard InChI is InChI=1S/C10H7FN2/c1-7-5-8(3-2-4-12)9(11)6-10(7)13/h5-6H,13H2,1H3. The van der Waals surface area contributed by atoms with Crippen LogP contribution in [0.4, 0.5) is 10.1 Å². The molecule has 1 aromatic carbocycles. The van der Waals surface area contributed by atoms with Gasteiger partial charge < -0.3 is 5.73 Å². The zero-order chi connectivity index (χ0) is 9.84. The molecule has 0 atom stereocenters. The Morgan fingerprint density at radius 1 is 1.46 bits per heavy atom. The van der Waals surface area contributed by atoms with E-state index in [1.807, 2.05) is 0 Å². The first-order valence-corrected chi connectivity index (χ1v) is 3.61. The average molecular weight is 174 g/mol. The highest BCUT2D eigenvalue weighted by molar-refractivity contribution is 5.52. The highest BCUT2D eigenvalue weighted by Gasteiger charge is 2.02. The molecule has 0 aliphatic heterocycles. The average Bonchev–Trinajstić information content (AvgIpc) is 2.09. The van der Waals surface area contributed by atoms with Crippen molar-refractivity contribution in [2.45, 2.75) is 6.92 Å². The van der Waals surface area contributed by atoms with Gasteiger partial charge in [-0.3, -0.25) is 0 Å². The number of rotatable bonds is 0. The molecule has 0 aromatic heterocycles. The minimum atomic E-state index is -0.495. The summed E-state index contributed by atoms with van der Waals surface area (Å²) in [6, 6.07) is 4.35. The molecule has 2 nitrogen and oxygen atoms in total. The topological polar surface area (TPSA) is 49.8 Å². The molecule has 0 heterocycles. The van der Waals surface area contributed by atoms with Crippen molar-refractivity contribution in [2.24, 2.45) is 0 Å². The van der Waals surface area contributed by atoms with Crippen LogP contribution in [0.5, 0.6) is 0 Å². The molecule has 2 N–H and O–H groups in total. The van der Waals surface area contributed by atoms with E-state index >= 15 is 0 Å². The Labute approximate surface area is 75.8 Å². The Morgan fingerprint density at radius 2 is 2.15 bits per heavy atom. The monoisotopic (exact) mass is 174 g/mol. The van der Waals surface area contributed by atoms with E-state index in [0.717, 1.165) is 5.56 Å². The summed E-state index contributed by atoms with van der Waals surface area (Å²) >= 11 is 0. The quantitative estimate of drug-likeness (QED) is 0.479. The molecule has 0 radical (unpaired) electrons. The molecular formula is C10H7FN2. The van der Waals surface area contributed by atoms with E-state index in [4.69, 9.17) is 11.0 Å². The lowest BCUT2D eigenvalue weighted by Gasteiger charge is -2.00. The first kappa shape index (κ1) is 9.09. The smallest absolute Gasteiger partial charge is 0.152 e. The molecule has 0 fully saturated rings. The fourth-order valence-corrected chi connectivity index (χ4v) is 0.888. The summed E-state index contributed by atoms with van der Waals surface area (Å²) in [6.07, 6.45) is 0. The number of nitrogen functional groups attached to an aromatic ring is 1. The van der Waals surface area contributed by atoms with Crippen LogP contribution in [0.1, 0.15) is 11.1 Å². The van der Waals surface area contributed by atoms with Gasteiger partial charge in [0.05, 0.1) is 5.56 Å². The maximum Gasteiger partial charge on any atom is 0.152 e. The number of hydrogen-bond donors (Lipinski definition) is 1. The van der Waals surface area contributed by atoms with Crippen molar-refractivity contribution in [1.29, 1.82) is 5.26 Å². The second-order valence-corrected chi connectivity index (χ2v) is 2.55. The van der Waals surface area contributed by atoms with Crippen molar-refractivity contribution in [3.05, 3.63) is 29.1 Å². The molecule has 1 aromatic rings. The number of anilines is 1. The Morgan fingerprint density at radius 3 is 2.77 bits per heavy atom. The van der Waals surface area contributed by atoms with E-state index < -0.39 is 5.82 Å². The van der Waals surface area contributed by atoms with Crippen molar-refractivity contribution in [2.75, 3.05) is 5.73 Å². The normalized spacial score (nSPS) is 8.38. The first-order valence-electron chi connectivity index (χ1n) is 3.61. The highest BCUT2D eigenvalue weighted by atomic mass is 19.1. The second kappa shape index (κ2) is 3.60. The van der Waals surface area contributed by atoms with Crippen molar-refractivity contribution in [3.8, 4) is 17.9 Å². The summed E-state index contributed by atoms with van der Waals surface area (Å²) in [5, 5.41) is 8.17. The molecule has 0 unspecified atom stereocenters. The van der Waals surface area contributed by atoms with Crippen LogP contribution >= 0.6 is 0 Å². The van der Waals surface area contributed by atoms with Gasteiger partial charge in [0.1, 0.15) is 5.82 Å². The predicted octanol–water partition coefficient (Wildman–Crippen LogP) is 1.59. The van der Waals surface area contributed by atoms with Gasteiger partial charge >= 0.3 is 0 Å². The zero-order valence-corrected chi connectivity index (χ0v) is 7.06. The summed E-state index contributed by atoms with van der Waals surface area (Å²) in [7, 11) is 0. The number of nitriles is 1. The molecule has 64 valence electrons. The number of nitrogens with two attached hydrogens (primary N) is 1. The Hall–Kier alpha value is -2.00. The van der Waals surface area contributed by atoms with Gasteiger partial charge in [-0.1, -0.05) is 0 Å². The fourth-order valence-electron chi connectivity index (χ4n) is 0.888. The summed E-state index contributed by atoms with van der Waals surface area (Å²) in [4.78, 5) is 0. The Kier molecular flexibility index (Phi) is 2.52. The van der Waals surface area contributed by atoms with Crippen LogP contribution in [0, 0.1) is 35.9 Å². The molecule has 3 heteroatoms. The second-order valence-electron chi connectivity index (χ2n) is 2.55. The molecular weight excluding hydrogens is 167 g/mol. The van der Waals surface area contributed by atoms with Crippen LogP contribution in [0.3, 0.4) is 0 Å². The van der Waals surface area contributed by atoms with Gasteiger partial charge in [0.25, 0.3) is 0 Å². The highest BCUT2D eigenvalue weighted by Crippen LogP contribution is 2.15. The number of nitrogens with zero attached hydrogens (tertiary/aromatic N) is 1. The first-order chi connectivity index (χ1) is 6.15. The third kappa shape index (κ3) is 1.98. The summed E-state index contributed by atoms with van der Waals surface area (Å²) in [6.45, 7) is 1.76. The van der Waals surface area contributed by atoms with E-state index in [0.29, 0.717) is 5.69 Å². The number of aryl methyl sites for hydroxylation is 1. The van der Waals surface area contributed by atoms with Crippen LogP contribution in [0.2, 0.25) is 0 Å². The van der Waals surface area contributed by atoms with Crippen molar-refractivity contribution < 1.29 is 4.39 Å². The molecule has 0 amide bonds. The zero-order valence-electron chi connectivity index (χ0n) is 7.06. The minimum Gasteiger partial charge on any atom is -0.398 e. The van der Waals surface area contributed by atoms with E-state index in [1.54, 1.807) is 13.0 Å². The van der Waals surface area contributed by atoms with Crippen LogP contribution in [0.15, 0.2) is 12.1 Å². The van der Waals surface area contributed by atoms with Gasteiger partial charge in [-0.2, -0.15) is 5.26 Å². The van der Waals surface area contributed by atoms with Gasteiger partial charge in [-0.15, -0.1) is 0 Å². The number of benzene rings is 1. The third-order valence-corrected chi connectivity index (χ3v) is 1.61. The molecule has 0 bridgehead atoms. The van der Waals surface area contributed by atoms with Gasteiger partial charge in [-0.25, -0.2) is 4.39 Å².